The van der Waals surface area contributed by atoms with Gasteiger partial charge in [0.05, 0.1) is 17.7 Å². The van der Waals surface area contributed by atoms with E-state index in [-0.39, 0.29) is 6.04 Å². The van der Waals surface area contributed by atoms with E-state index in [1.165, 1.54) is 16.7 Å². The van der Waals surface area contributed by atoms with E-state index in [4.69, 9.17) is 0 Å². The van der Waals surface area contributed by atoms with Crippen molar-refractivity contribution in [2.24, 2.45) is 0 Å². The first-order chi connectivity index (χ1) is 14.8. The second-order valence-corrected chi connectivity index (χ2v) is 7.88. The summed E-state index contributed by atoms with van der Waals surface area (Å²) in [6.45, 7) is 0.828. The monoisotopic (exact) mass is 391 g/mol. The van der Waals surface area contributed by atoms with Crippen LogP contribution in [0.1, 0.15) is 28.4 Å². The van der Waals surface area contributed by atoms with Crippen LogP contribution in [0.2, 0.25) is 0 Å². The topological polar surface area (TPSA) is 23.2 Å². The van der Waals surface area contributed by atoms with Gasteiger partial charge in [-0.3, -0.25) is 4.90 Å². The van der Waals surface area contributed by atoms with Gasteiger partial charge in [-0.25, -0.2) is 0 Å². The Bertz CT molecular complexity index is 984. The van der Waals surface area contributed by atoms with Crippen molar-refractivity contribution in [2.45, 2.75) is 17.7 Å². The molecule has 30 heavy (non-hydrogen) atoms. The zero-order valence-electron chi connectivity index (χ0n) is 16.8. The van der Waals surface area contributed by atoms with Crippen LogP contribution in [-0.4, -0.2) is 22.6 Å². The summed E-state index contributed by atoms with van der Waals surface area (Å²) in [4.78, 5) is 2.44. The zero-order chi connectivity index (χ0) is 20.4. The van der Waals surface area contributed by atoms with Crippen LogP contribution in [0.15, 0.2) is 121 Å². The van der Waals surface area contributed by atoms with Crippen molar-refractivity contribution in [3.8, 4) is 0 Å². The van der Waals surface area contributed by atoms with Crippen molar-refractivity contribution in [3.05, 3.63) is 144 Å². The maximum absolute atomic E-state index is 11.2. The van der Waals surface area contributed by atoms with Crippen LogP contribution in [0.4, 0.5) is 0 Å². The van der Waals surface area contributed by atoms with Gasteiger partial charge in [-0.15, -0.1) is 0 Å². The van der Waals surface area contributed by atoms with Gasteiger partial charge in [0.25, 0.3) is 0 Å². The fraction of sp³-hybridized carbons (Fsp3) is 0.143. The molecule has 4 aromatic rings. The predicted molar refractivity (Wildman–Crippen MR) is 121 cm³/mol. The molecule has 1 aliphatic heterocycles. The molecule has 0 radical (unpaired) electrons. The maximum Gasteiger partial charge on any atom is 0.0977 e. The summed E-state index contributed by atoms with van der Waals surface area (Å²) >= 11 is 0. The maximum atomic E-state index is 11.2. The number of nitrogens with zero attached hydrogens (tertiary/aromatic N) is 1. The Balaban J connectivity index is 1.68. The van der Waals surface area contributed by atoms with Crippen LogP contribution in [-0.2, 0) is 5.54 Å². The van der Waals surface area contributed by atoms with Crippen molar-refractivity contribution in [2.75, 3.05) is 6.54 Å². The minimum Gasteiger partial charge on any atom is -0.387 e. The molecule has 1 aliphatic rings. The van der Waals surface area contributed by atoms with Crippen molar-refractivity contribution in [1.82, 2.24) is 4.90 Å². The molecule has 2 heteroatoms. The lowest BCUT2D eigenvalue weighted by atomic mass is 9.76. The molecule has 3 atom stereocenters. The lowest BCUT2D eigenvalue weighted by Gasteiger charge is -2.38. The highest BCUT2D eigenvalue weighted by Crippen LogP contribution is 2.50. The third-order valence-electron chi connectivity index (χ3n) is 6.16. The van der Waals surface area contributed by atoms with Crippen LogP contribution >= 0.6 is 0 Å². The van der Waals surface area contributed by atoms with Crippen molar-refractivity contribution < 1.29 is 5.11 Å². The second-order valence-electron chi connectivity index (χ2n) is 7.88. The molecule has 5 rings (SSSR count). The quantitative estimate of drug-likeness (QED) is 0.351. The van der Waals surface area contributed by atoms with Gasteiger partial charge in [-0.05, 0) is 22.3 Å². The van der Waals surface area contributed by atoms with E-state index in [0.29, 0.717) is 0 Å². The largest absolute Gasteiger partial charge is 0.387 e. The first-order valence-electron chi connectivity index (χ1n) is 10.5. The summed E-state index contributed by atoms with van der Waals surface area (Å²) < 4.78 is 0. The molecule has 0 aromatic heterocycles. The van der Waals surface area contributed by atoms with Crippen LogP contribution in [0.3, 0.4) is 0 Å². The molecule has 0 aliphatic carbocycles. The van der Waals surface area contributed by atoms with E-state index in [2.05, 4.69) is 95.9 Å². The van der Waals surface area contributed by atoms with Gasteiger partial charge in [0, 0.05) is 6.54 Å². The van der Waals surface area contributed by atoms with Crippen LogP contribution in [0.25, 0.3) is 0 Å². The van der Waals surface area contributed by atoms with Crippen molar-refractivity contribution >= 4 is 0 Å². The number of rotatable bonds is 6. The molecule has 1 saturated heterocycles. The van der Waals surface area contributed by atoms with E-state index in [1.54, 1.807) is 0 Å². The average Bonchev–Trinajstić information content (AvgIpc) is 3.63. The van der Waals surface area contributed by atoms with Gasteiger partial charge in [-0.1, -0.05) is 121 Å². The first-order valence-corrected chi connectivity index (χ1v) is 10.5. The number of aliphatic hydroxyl groups excluding tert-OH is 1. The smallest absolute Gasteiger partial charge is 0.0977 e. The van der Waals surface area contributed by atoms with Crippen LogP contribution in [0, 0.1) is 0 Å². The Labute approximate surface area is 178 Å². The lowest BCUT2D eigenvalue weighted by molar-refractivity contribution is 0.142. The molecule has 2 nitrogen and oxygen atoms in total. The highest BCUT2D eigenvalue weighted by molar-refractivity contribution is 5.51. The van der Waals surface area contributed by atoms with Gasteiger partial charge in [0.2, 0.25) is 0 Å². The molecule has 1 heterocycles. The molecule has 4 aromatic carbocycles. The first kappa shape index (κ1) is 18.8. The van der Waals surface area contributed by atoms with E-state index in [9.17, 15) is 5.11 Å². The van der Waals surface area contributed by atoms with Gasteiger partial charge < -0.3 is 5.11 Å². The summed E-state index contributed by atoms with van der Waals surface area (Å²) in [5.74, 6) is 0. The van der Waals surface area contributed by atoms with Crippen LogP contribution < -0.4 is 0 Å². The Morgan fingerprint density at radius 2 is 0.967 bits per heavy atom. The molecule has 3 unspecified atom stereocenters. The normalized spacial score (nSPS) is 19.2. The van der Waals surface area contributed by atoms with E-state index >= 15 is 0 Å². The third-order valence-corrected chi connectivity index (χ3v) is 6.16. The molecular weight excluding hydrogens is 366 g/mol. The SMILES string of the molecule is OC(c1ccccc1)C1CN1C(c1ccccc1)(c1ccccc1)c1ccccc1. The second kappa shape index (κ2) is 7.91. The van der Waals surface area contributed by atoms with Crippen LogP contribution in [0.5, 0.6) is 0 Å². The molecule has 0 saturated carbocycles. The summed E-state index contributed by atoms with van der Waals surface area (Å²) in [5, 5.41) is 11.2. The summed E-state index contributed by atoms with van der Waals surface area (Å²) in [5.41, 5.74) is 4.15. The van der Waals surface area contributed by atoms with Crippen molar-refractivity contribution in [3.63, 3.8) is 0 Å². The highest BCUT2D eigenvalue weighted by Gasteiger charge is 2.55. The zero-order valence-corrected chi connectivity index (χ0v) is 16.8. The highest BCUT2D eigenvalue weighted by atomic mass is 16.3. The van der Waals surface area contributed by atoms with E-state index in [1.807, 2.05) is 30.3 Å². The fourth-order valence-electron chi connectivity index (χ4n) is 4.72. The van der Waals surface area contributed by atoms with Gasteiger partial charge in [0.1, 0.15) is 0 Å². The standard InChI is InChI=1S/C28H25NO/c30-27(22-13-5-1-6-14-22)26-21-29(26)28(23-15-7-2-8-16-23,24-17-9-3-10-18-24)25-19-11-4-12-20-25/h1-20,26-27,30H,21H2. The van der Waals surface area contributed by atoms with E-state index in [0.717, 1.165) is 12.1 Å². The van der Waals surface area contributed by atoms with E-state index < -0.39 is 11.6 Å². The third kappa shape index (κ3) is 3.15. The molecule has 1 N–H and O–H groups in total. The number of hydrogen-bond donors (Lipinski definition) is 1. The summed E-state index contributed by atoms with van der Waals surface area (Å²) in [6, 6.07) is 42.0. The average molecular weight is 392 g/mol. The number of hydrogen-bond acceptors (Lipinski definition) is 2. The molecule has 0 spiro atoms. The van der Waals surface area contributed by atoms with Gasteiger partial charge in [-0.2, -0.15) is 0 Å². The van der Waals surface area contributed by atoms with Gasteiger partial charge in [0.15, 0.2) is 0 Å². The minimum atomic E-state index is -0.526. The fourth-order valence-corrected chi connectivity index (χ4v) is 4.72. The summed E-state index contributed by atoms with van der Waals surface area (Å²) in [7, 11) is 0. The Kier molecular flexibility index (Phi) is 4.96. The Morgan fingerprint density at radius 3 is 1.37 bits per heavy atom. The molecule has 0 bridgehead atoms. The summed E-state index contributed by atoms with van der Waals surface area (Å²) in [6.07, 6.45) is -0.526. The van der Waals surface area contributed by atoms with Crippen molar-refractivity contribution in [1.29, 1.82) is 0 Å². The molecule has 0 amide bonds. The molecule has 1 fully saturated rings. The minimum absolute atomic E-state index is 0.0491. The molecule has 148 valence electrons. The Hall–Kier alpha value is -3.20. The number of benzene rings is 4. The predicted octanol–water partition coefficient (Wildman–Crippen LogP) is 5.40. The molecular formula is C28H25NO. The Morgan fingerprint density at radius 1 is 0.600 bits per heavy atom. The number of aliphatic hydroxyl groups is 1. The lowest BCUT2D eigenvalue weighted by Crippen LogP contribution is -2.39. The van der Waals surface area contributed by atoms with Gasteiger partial charge >= 0.3 is 0 Å².